The zero-order valence-electron chi connectivity index (χ0n) is 10.5. The number of nitrogen functional groups attached to an aromatic ring is 1. The Labute approximate surface area is 121 Å². The van der Waals surface area contributed by atoms with E-state index in [9.17, 15) is 8.42 Å². The van der Waals surface area contributed by atoms with Crippen molar-refractivity contribution in [1.29, 1.82) is 0 Å². The highest BCUT2D eigenvalue weighted by Crippen LogP contribution is 2.21. The van der Waals surface area contributed by atoms with Crippen molar-refractivity contribution in [3.8, 4) is 0 Å². The van der Waals surface area contributed by atoms with E-state index in [1.165, 1.54) is 4.31 Å². The second kappa shape index (κ2) is 6.21. The molecule has 1 aromatic rings. The molecule has 2 N–H and O–H groups in total. The molecule has 0 radical (unpaired) electrons. The van der Waals surface area contributed by atoms with Crippen molar-refractivity contribution in [2.45, 2.75) is 6.42 Å². The molecule has 0 amide bonds. The molecule has 2 rings (SSSR count). The van der Waals surface area contributed by atoms with Crippen molar-refractivity contribution >= 4 is 31.6 Å². The summed E-state index contributed by atoms with van der Waals surface area (Å²) in [5.41, 5.74) is 7.31. The van der Waals surface area contributed by atoms with E-state index in [0.717, 1.165) is 10.0 Å². The van der Waals surface area contributed by atoms with Crippen molar-refractivity contribution in [3.63, 3.8) is 0 Å². The largest absolute Gasteiger partial charge is 0.398 e. The Morgan fingerprint density at radius 3 is 2.63 bits per heavy atom. The van der Waals surface area contributed by atoms with Crippen molar-refractivity contribution in [2.75, 3.05) is 37.8 Å². The first-order valence-corrected chi connectivity index (χ1v) is 8.49. The molecule has 7 heteroatoms. The lowest BCUT2D eigenvalue weighted by atomic mass is 10.1. The molecule has 0 spiro atoms. The van der Waals surface area contributed by atoms with Gasteiger partial charge in [-0.05, 0) is 40.0 Å². The number of sulfonamides is 1. The van der Waals surface area contributed by atoms with Gasteiger partial charge in [0.05, 0.1) is 19.0 Å². The number of hydrogen-bond donors (Lipinski definition) is 1. The lowest BCUT2D eigenvalue weighted by Gasteiger charge is -2.26. The van der Waals surface area contributed by atoms with Crippen LogP contribution in [0.25, 0.3) is 0 Å². The Bertz CT molecular complexity index is 542. The van der Waals surface area contributed by atoms with E-state index < -0.39 is 10.0 Å². The Morgan fingerprint density at radius 2 is 2.00 bits per heavy atom. The average molecular weight is 349 g/mol. The molecule has 0 atom stereocenters. The Hall–Kier alpha value is -0.630. The highest BCUT2D eigenvalue weighted by Gasteiger charge is 2.23. The topological polar surface area (TPSA) is 72.6 Å². The number of nitrogens with zero attached hydrogens (tertiary/aromatic N) is 1. The van der Waals surface area contributed by atoms with Crippen LogP contribution >= 0.6 is 15.9 Å². The van der Waals surface area contributed by atoms with Crippen molar-refractivity contribution in [2.24, 2.45) is 0 Å². The molecule has 0 saturated carbocycles. The van der Waals surface area contributed by atoms with Crippen LogP contribution in [-0.2, 0) is 21.2 Å². The molecular formula is C12H17BrN2O3S. The summed E-state index contributed by atoms with van der Waals surface area (Å²) in [5, 5.41) is 0. The van der Waals surface area contributed by atoms with Crippen molar-refractivity contribution < 1.29 is 13.2 Å². The maximum absolute atomic E-state index is 12.1. The highest BCUT2D eigenvalue weighted by molar-refractivity contribution is 9.10. The number of anilines is 1. The van der Waals surface area contributed by atoms with Gasteiger partial charge in [0.15, 0.2) is 0 Å². The molecule has 1 saturated heterocycles. The monoisotopic (exact) mass is 348 g/mol. The number of morpholine rings is 1. The van der Waals surface area contributed by atoms with E-state index >= 15 is 0 Å². The fourth-order valence-electron chi connectivity index (χ4n) is 1.93. The minimum Gasteiger partial charge on any atom is -0.398 e. The van der Waals surface area contributed by atoms with Crippen molar-refractivity contribution in [3.05, 3.63) is 28.2 Å². The van der Waals surface area contributed by atoms with E-state index in [0.29, 0.717) is 38.4 Å². The SMILES string of the molecule is Nc1ccc(CCS(=O)(=O)N2CCOCC2)cc1Br. The summed E-state index contributed by atoms with van der Waals surface area (Å²) in [4.78, 5) is 0. The minimum atomic E-state index is -3.20. The van der Waals surface area contributed by atoms with Gasteiger partial charge in [-0.2, -0.15) is 4.31 Å². The first kappa shape index (κ1) is 14.8. The van der Waals surface area contributed by atoms with Gasteiger partial charge in [0.25, 0.3) is 0 Å². The van der Waals surface area contributed by atoms with Crippen LogP contribution in [0, 0.1) is 0 Å². The lowest BCUT2D eigenvalue weighted by molar-refractivity contribution is 0.0730. The van der Waals surface area contributed by atoms with Crippen LogP contribution < -0.4 is 5.73 Å². The number of benzene rings is 1. The summed E-state index contributed by atoms with van der Waals surface area (Å²) in [7, 11) is -3.20. The van der Waals surface area contributed by atoms with Gasteiger partial charge in [-0.15, -0.1) is 0 Å². The molecule has 106 valence electrons. The van der Waals surface area contributed by atoms with Crippen LogP contribution in [0.15, 0.2) is 22.7 Å². The third kappa shape index (κ3) is 3.92. The minimum absolute atomic E-state index is 0.114. The molecule has 1 aliphatic rings. The molecule has 1 aromatic carbocycles. The van der Waals surface area contributed by atoms with E-state index in [-0.39, 0.29) is 5.75 Å². The van der Waals surface area contributed by atoms with Gasteiger partial charge in [0, 0.05) is 23.2 Å². The molecule has 0 aromatic heterocycles. The summed E-state index contributed by atoms with van der Waals surface area (Å²) in [5.74, 6) is 0.114. The fraction of sp³-hybridized carbons (Fsp3) is 0.500. The highest BCUT2D eigenvalue weighted by atomic mass is 79.9. The maximum atomic E-state index is 12.1. The summed E-state index contributed by atoms with van der Waals surface area (Å²) in [6.07, 6.45) is 0.485. The van der Waals surface area contributed by atoms with Gasteiger partial charge in [-0.3, -0.25) is 0 Å². The van der Waals surface area contributed by atoms with Crippen LogP contribution in [0.1, 0.15) is 5.56 Å². The smallest absolute Gasteiger partial charge is 0.214 e. The number of nitrogens with two attached hydrogens (primary N) is 1. The summed E-state index contributed by atoms with van der Waals surface area (Å²) >= 11 is 3.34. The molecule has 1 heterocycles. The van der Waals surface area contributed by atoms with Crippen molar-refractivity contribution in [1.82, 2.24) is 4.31 Å². The van der Waals surface area contributed by atoms with Crippen LogP contribution in [0.5, 0.6) is 0 Å². The van der Waals surface area contributed by atoms with Gasteiger partial charge in [0.2, 0.25) is 10.0 Å². The number of ether oxygens (including phenoxy) is 1. The lowest BCUT2D eigenvalue weighted by Crippen LogP contribution is -2.42. The molecule has 1 aliphatic heterocycles. The molecule has 19 heavy (non-hydrogen) atoms. The quantitative estimate of drug-likeness (QED) is 0.830. The Kier molecular flexibility index (Phi) is 4.83. The van der Waals surface area contributed by atoms with E-state index in [1.807, 2.05) is 12.1 Å². The first-order chi connectivity index (χ1) is 8.99. The van der Waals surface area contributed by atoms with Gasteiger partial charge in [-0.25, -0.2) is 8.42 Å². The predicted octanol–water partition coefficient (Wildman–Crippen LogP) is 1.24. The number of aryl methyl sites for hydroxylation is 1. The predicted molar refractivity (Wildman–Crippen MR) is 78.4 cm³/mol. The van der Waals surface area contributed by atoms with Crippen LogP contribution in [0.2, 0.25) is 0 Å². The average Bonchev–Trinajstić information content (AvgIpc) is 2.41. The zero-order chi connectivity index (χ0) is 13.9. The molecular weight excluding hydrogens is 332 g/mol. The fourth-order valence-corrected chi connectivity index (χ4v) is 3.81. The van der Waals surface area contributed by atoms with Crippen LogP contribution in [0.3, 0.4) is 0 Å². The maximum Gasteiger partial charge on any atom is 0.214 e. The van der Waals surface area contributed by atoms with E-state index in [2.05, 4.69) is 15.9 Å². The first-order valence-electron chi connectivity index (χ1n) is 6.08. The second-order valence-electron chi connectivity index (χ2n) is 4.43. The third-order valence-corrected chi connectivity index (χ3v) is 5.64. The summed E-state index contributed by atoms with van der Waals surface area (Å²) in [6.45, 7) is 1.86. The third-order valence-electron chi connectivity index (χ3n) is 3.08. The standard InChI is InChI=1S/C12H17BrN2O3S/c13-11-9-10(1-2-12(11)14)3-8-19(16,17)15-4-6-18-7-5-15/h1-2,9H,3-8,14H2. The number of halogens is 1. The van der Waals surface area contributed by atoms with Gasteiger partial charge in [-0.1, -0.05) is 6.07 Å². The summed E-state index contributed by atoms with van der Waals surface area (Å²) < 4.78 is 31.8. The molecule has 1 fully saturated rings. The summed E-state index contributed by atoms with van der Waals surface area (Å²) in [6, 6.07) is 5.50. The molecule has 0 aliphatic carbocycles. The van der Waals surface area contributed by atoms with Crippen LogP contribution in [-0.4, -0.2) is 44.8 Å². The normalized spacial score (nSPS) is 17.5. The van der Waals surface area contributed by atoms with Gasteiger partial charge >= 0.3 is 0 Å². The van der Waals surface area contributed by atoms with E-state index in [4.69, 9.17) is 10.5 Å². The number of rotatable bonds is 4. The second-order valence-corrected chi connectivity index (χ2v) is 7.38. The zero-order valence-corrected chi connectivity index (χ0v) is 12.9. The van der Waals surface area contributed by atoms with E-state index in [1.54, 1.807) is 6.07 Å². The van der Waals surface area contributed by atoms with Gasteiger partial charge in [0.1, 0.15) is 0 Å². The van der Waals surface area contributed by atoms with Crippen LogP contribution in [0.4, 0.5) is 5.69 Å². The Morgan fingerprint density at radius 1 is 1.32 bits per heavy atom. The molecule has 5 nitrogen and oxygen atoms in total. The van der Waals surface area contributed by atoms with Gasteiger partial charge < -0.3 is 10.5 Å². The molecule has 0 bridgehead atoms. The molecule has 0 unspecified atom stereocenters. The Balaban J connectivity index is 1.98. The number of hydrogen-bond acceptors (Lipinski definition) is 4.